The van der Waals surface area contributed by atoms with Crippen molar-refractivity contribution in [2.24, 2.45) is 0 Å². The first-order valence-electron chi connectivity index (χ1n) is 12.0. The van der Waals surface area contributed by atoms with Gasteiger partial charge in [0.05, 0.1) is 22.6 Å². The van der Waals surface area contributed by atoms with Crippen LogP contribution in [0.2, 0.25) is 0 Å². The largest absolute Gasteiger partial charge is 0.397 e. The van der Waals surface area contributed by atoms with Gasteiger partial charge in [-0.25, -0.2) is 0 Å². The van der Waals surface area contributed by atoms with E-state index in [2.05, 4.69) is 13.8 Å². The molecule has 1 fully saturated rings. The molecule has 0 saturated carbocycles. The average molecular weight is 1520 g/mol. The van der Waals surface area contributed by atoms with Crippen LogP contribution in [-0.4, -0.2) is 0 Å². The number of benzene rings is 1. The van der Waals surface area contributed by atoms with Gasteiger partial charge >= 0.3 is 0 Å². The minimum Gasteiger partial charge on any atom is -0.397 e. The monoisotopic (exact) mass is 1510 g/mol. The summed E-state index contributed by atoms with van der Waals surface area (Å²) in [5.41, 5.74) is 15.2. The Balaban J connectivity index is 0.000000585. The van der Waals surface area contributed by atoms with E-state index in [-0.39, 0.29) is 11.2 Å². The molecule has 1 aromatic carbocycles. The third-order valence-electron chi connectivity index (χ3n) is 4.95. The third-order valence-corrected chi connectivity index (χ3v) is 89.4. The fourth-order valence-corrected chi connectivity index (χ4v) is 105. The zero-order chi connectivity index (χ0) is 40.4. The predicted octanol–water partition coefficient (Wildman–Crippen LogP) is 2.01. The third kappa shape index (κ3) is 30.3. The number of hydrogen-bond acceptors (Lipinski definition) is 5. The standard InChI is InChI=1S/C12H16N2O.S41/c1-11-3-4-12(2,15-11)8-6-10(14)9(13)5-7(8)11;1-3-5-7-9-11-13-15-17-19-21-23-25-27-29-31-33-35-37-39-41-40-38-36-34-32-30-28-26-24-22-20-18-16-14-12-10-8-6-4-2/h5-6H,3-4,13-14H2,1-2H3;. The molecule has 326 valence electrons. The van der Waals surface area contributed by atoms with Crippen LogP contribution in [0.25, 0.3) is 0 Å². The van der Waals surface area contributed by atoms with E-state index in [0.29, 0.717) is 11.4 Å². The van der Waals surface area contributed by atoms with Crippen molar-refractivity contribution < 1.29 is 4.74 Å². The zero-order valence-corrected chi connectivity index (χ0v) is 59.3. The zero-order valence-electron chi connectivity index (χ0n) is 25.9. The molecule has 44 heteroatoms. The normalized spacial score (nSPS) is 15.5. The molecule has 0 radical (unpaired) electrons. The molecule has 0 aromatic heterocycles. The van der Waals surface area contributed by atoms with Crippen molar-refractivity contribution in [2.75, 3.05) is 11.5 Å². The molecule has 0 aliphatic carbocycles. The molecule has 3 rings (SSSR count). The van der Waals surface area contributed by atoms with Crippen LogP contribution in [0.3, 0.4) is 0 Å². The van der Waals surface area contributed by atoms with Crippen LogP contribution in [0.4, 0.5) is 11.4 Å². The van der Waals surface area contributed by atoms with Gasteiger partial charge in [0.25, 0.3) is 0 Å². The van der Waals surface area contributed by atoms with Crippen LogP contribution in [0.15, 0.2) is 12.1 Å². The summed E-state index contributed by atoms with van der Waals surface area (Å²) < 4.78 is 6.12. The fraction of sp³-hybridized carbons (Fsp3) is 0.500. The lowest BCUT2D eigenvalue weighted by Gasteiger charge is -2.23. The lowest BCUT2D eigenvalue weighted by molar-refractivity contribution is -0.0662. The molecule has 1 aromatic rings. The first-order valence-corrected chi connectivity index (χ1v) is 65.3. The lowest BCUT2D eigenvalue weighted by Crippen LogP contribution is -2.18. The van der Waals surface area contributed by atoms with Crippen molar-refractivity contribution in [3.05, 3.63) is 23.3 Å². The molecule has 0 amide bonds. The van der Waals surface area contributed by atoms with Crippen LogP contribution in [-0.2, 0) is 385 Å². The smallest absolute Gasteiger partial charge is 0.0921 e. The summed E-state index contributed by atoms with van der Waals surface area (Å²) in [6, 6.07) is 3.96. The van der Waals surface area contributed by atoms with Gasteiger partial charge in [0.15, 0.2) is 0 Å². The Morgan fingerprint density at radius 3 is 0.679 bits per heavy atom. The van der Waals surface area contributed by atoms with Crippen LogP contribution in [0.1, 0.15) is 37.8 Å². The highest BCUT2D eigenvalue weighted by atomic mass is 33.5. The van der Waals surface area contributed by atoms with Crippen molar-refractivity contribution in [1.29, 1.82) is 0 Å². The molecule has 56 heavy (non-hydrogen) atoms. The van der Waals surface area contributed by atoms with Crippen LogP contribution >= 0.6 is 0 Å². The summed E-state index contributed by atoms with van der Waals surface area (Å²) in [7, 11) is 69.2. The molecule has 2 unspecified atom stereocenters. The minimum atomic E-state index is -0.147. The maximum atomic E-state index is 6.12. The average Bonchev–Trinajstić information content (AvgIpc) is 3.63. The fourth-order valence-electron chi connectivity index (χ4n) is 3.38. The van der Waals surface area contributed by atoms with Gasteiger partial charge in [-0.2, -0.15) is 0 Å². The van der Waals surface area contributed by atoms with E-state index in [9.17, 15) is 0 Å². The number of fused-ring (bicyclic) bond motifs is 5. The Kier molecular flexibility index (Phi) is 44.7. The summed E-state index contributed by atoms with van der Waals surface area (Å²) in [6.07, 6.45) is 2.14. The molecule has 2 aliphatic heterocycles. The van der Waals surface area contributed by atoms with Crippen molar-refractivity contribution in [3.8, 4) is 0 Å². The predicted molar refractivity (Wildman–Crippen MR) is 362 cm³/mol. The van der Waals surface area contributed by atoms with Crippen molar-refractivity contribution in [1.82, 2.24) is 0 Å². The maximum absolute atomic E-state index is 6.12. The summed E-state index contributed by atoms with van der Waals surface area (Å²) in [4.78, 5) is 0. The summed E-state index contributed by atoms with van der Waals surface area (Å²) >= 11 is 9.61. The van der Waals surface area contributed by atoms with Gasteiger partial charge in [0.1, 0.15) is 0 Å². The van der Waals surface area contributed by atoms with E-state index in [1.165, 1.54) is 28.9 Å². The van der Waals surface area contributed by atoms with Crippen LogP contribution in [0, 0.1) is 0 Å². The first kappa shape index (κ1) is 59.9. The molecular weight excluding hydrogens is 1500 g/mol. The molecule has 1 saturated heterocycles. The maximum Gasteiger partial charge on any atom is 0.0921 e. The van der Waals surface area contributed by atoms with E-state index in [4.69, 9.17) is 38.6 Å². The van der Waals surface area contributed by atoms with E-state index in [0.717, 1.165) is 12.8 Å². The number of hydrogen-bond donors (Lipinski definition) is 2. The number of ether oxygens (including phenoxy) is 1. The lowest BCUT2D eigenvalue weighted by atomic mass is 9.78. The van der Waals surface area contributed by atoms with Gasteiger partial charge in [-0.3, -0.25) is 0 Å². The molecule has 3 nitrogen and oxygen atoms in total. The molecule has 2 aliphatic rings. The second kappa shape index (κ2) is 41.7. The number of nitrogen functional groups attached to an aromatic ring is 2. The quantitative estimate of drug-likeness (QED) is 0.390. The summed E-state index contributed by atoms with van der Waals surface area (Å²) in [5, 5.41) is 0. The van der Waals surface area contributed by atoms with Crippen LogP contribution in [0.5, 0.6) is 0 Å². The highest BCUT2D eigenvalue weighted by molar-refractivity contribution is 8.81. The van der Waals surface area contributed by atoms with Crippen LogP contribution < -0.4 is 11.5 Å². The number of anilines is 2. The summed E-state index contributed by atoms with van der Waals surface area (Å²) in [5.74, 6) is 0. The van der Waals surface area contributed by atoms with Crippen molar-refractivity contribution in [3.63, 3.8) is 0 Å². The highest BCUT2D eigenvalue weighted by Gasteiger charge is 2.54. The molecule has 2 heterocycles. The Morgan fingerprint density at radius 2 is 0.518 bits per heavy atom. The Morgan fingerprint density at radius 1 is 0.357 bits per heavy atom. The van der Waals surface area contributed by atoms with E-state index >= 15 is 0 Å². The molecule has 4 N–H and O–H groups in total. The van der Waals surface area contributed by atoms with Gasteiger partial charge in [-0.15, -0.1) is 0 Å². The minimum absolute atomic E-state index is 0.147. The second-order valence-electron chi connectivity index (χ2n) is 7.74. The molecule has 2 bridgehead atoms. The Bertz CT molecular complexity index is 3270. The van der Waals surface area contributed by atoms with E-state index in [1.54, 1.807) is 107 Å². The Hall–Kier alpha value is 7.80. The van der Waals surface area contributed by atoms with Gasteiger partial charge < -0.3 is 16.2 Å². The van der Waals surface area contributed by atoms with E-state index < -0.39 is 0 Å². The van der Waals surface area contributed by atoms with Gasteiger partial charge in [-0.1, -0.05) is 0 Å². The molecule has 2 atom stereocenters. The summed E-state index contributed by atoms with van der Waals surface area (Å²) in [6.45, 7) is 4.28. The Labute approximate surface area is 446 Å². The van der Waals surface area contributed by atoms with Crippen molar-refractivity contribution >= 4 is 380 Å². The number of nitrogens with two attached hydrogens (primary N) is 2. The van der Waals surface area contributed by atoms with Gasteiger partial charge in [-0.05, 0) is 49.9 Å². The van der Waals surface area contributed by atoms with Crippen molar-refractivity contribution in [2.45, 2.75) is 37.9 Å². The topological polar surface area (TPSA) is 61.3 Å². The van der Waals surface area contributed by atoms with Gasteiger partial charge in [0, 0.05) is 369 Å². The number of rotatable bonds is 0. The second-order valence-corrected chi connectivity index (χ2v) is 76.7. The first-order chi connectivity index (χ1) is 27.4. The van der Waals surface area contributed by atoms with E-state index in [1.807, 2.05) is 234 Å². The highest BCUT2D eigenvalue weighted by Crippen LogP contribution is 2.58. The molecule has 0 spiro atoms. The SMILES string of the molecule is CC12CCC(C)(O1)c1cc(N)c(N)cc12.S=S=S=S=S=S=S=S=S=S=S=S=S=S=S=S=S=S=S=S=S=S=S=S=S=S=S=S=S=S=S=S=S=S=S=S=S=S=S=S=S. The molecular formula is C12H16N2OS41. The van der Waals surface area contributed by atoms with Gasteiger partial charge in [0.2, 0.25) is 0 Å².